The van der Waals surface area contributed by atoms with Crippen LogP contribution in [0.5, 0.6) is 0 Å². The second-order valence-electron chi connectivity index (χ2n) is 4.48. The quantitative estimate of drug-likeness (QED) is 0.739. The topological polar surface area (TPSA) is 52.7 Å². The highest BCUT2D eigenvalue weighted by molar-refractivity contribution is 7.90. The fourth-order valence-corrected chi connectivity index (χ4v) is 2.88. The summed E-state index contributed by atoms with van der Waals surface area (Å²) >= 11 is 0. The molecule has 7 heteroatoms. The van der Waals surface area contributed by atoms with Crippen LogP contribution in [0.3, 0.4) is 0 Å². The Labute approximate surface area is 120 Å². The van der Waals surface area contributed by atoms with E-state index < -0.39 is 16.0 Å². The third-order valence-corrected chi connectivity index (χ3v) is 4.88. The Morgan fingerprint density at radius 1 is 1.20 bits per heavy atom. The van der Waals surface area contributed by atoms with Gasteiger partial charge in [0.15, 0.2) is 0 Å². The van der Waals surface area contributed by atoms with Gasteiger partial charge >= 0.3 is 10.2 Å². The lowest BCUT2D eigenvalue weighted by atomic mass is 10.3. The third kappa shape index (κ3) is 4.43. The molecule has 0 aliphatic heterocycles. The lowest BCUT2D eigenvalue weighted by molar-refractivity contribution is 0.454. The zero-order chi connectivity index (χ0) is 15.2. The van der Waals surface area contributed by atoms with Crippen LogP contribution >= 0.6 is 0 Å². The highest BCUT2D eigenvalue weighted by Gasteiger charge is 2.23. The summed E-state index contributed by atoms with van der Waals surface area (Å²) < 4.78 is 39.9. The normalized spacial score (nSPS) is 11.8. The average Bonchev–Trinajstić information content (AvgIpc) is 2.43. The number of hydrogen-bond acceptors (Lipinski definition) is 3. The maximum Gasteiger partial charge on any atom is 0.303 e. The van der Waals surface area contributed by atoms with Gasteiger partial charge in [-0.3, -0.25) is 4.31 Å². The largest absolute Gasteiger partial charge is 0.317 e. The molecule has 0 saturated carbocycles. The summed E-state index contributed by atoms with van der Waals surface area (Å²) in [5, 5.41) is 3.15. The number of halogens is 1. The Kier molecular flexibility index (Phi) is 6.38. The second kappa shape index (κ2) is 7.56. The van der Waals surface area contributed by atoms with E-state index >= 15 is 0 Å². The van der Waals surface area contributed by atoms with Crippen molar-refractivity contribution in [3.8, 4) is 0 Å². The Morgan fingerprint density at radius 3 is 2.35 bits per heavy atom. The van der Waals surface area contributed by atoms with Gasteiger partial charge in [-0.15, -0.1) is 0 Å². The zero-order valence-corrected chi connectivity index (χ0v) is 13.0. The van der Waals surface area contributed by atoms with Crippen molar-refractivity contribution in [3.63, 3.8) is 0 Å². The minimum atomic E-state index is -3.58. The van der Waals surface area contributed by atoms with Crippen molar-refractivity contribution in [3.05, 3.63) is 30.1 Å². The molecule has 1 aromatic carbocycles. The fraction of sp³-hybridized carbons (Fsp3) is 0.538. The first kappa shape index (κ1) is 16.9. The van der Waals surface area contributed by atoms with Crippen LogP contribution in [0.15, 0.2) is 24.3 Å². The molecule has 0 radical (unpaired) electrons. The van der Waals surface area contributed by atoms with Crippen molar-refractivity contribution < 1.29 is 12.8 Å². The molecule has 5 nitrogen and oxygen atoms in total. The van der Waals surface area contributed by atoms with Gasteiger partial charge in [0.1, 0.15) is 5.82 Å². The minimum absolute atomic E-state index is 0.390. The summed E-state index contributed by atoms with van der Waals surface area (Å²) in [5.41, 5.74) is 0.435. The molecular weight excluding hydrogens is 281 g/mol. The van der Waals surface area contributed by atoms with E-state index in [4.69, 9.17) is 0 Å². The van der Waals surface area contributed by atoms with Gasteiger partial charge in [-0.05, 0) is 43.8 Å². The molecule has 1 N–H and O–H groups in total. The van der Waals surface area contributed by atoms with Gasteiger partial charge in [-0.25, -0.2) is 4.39 Å². The van der Waals surface area contributed by atoms with Crippen molar-refractivity contribution in [2.24, 2.45) is 0 Å². The minimum Gasteiger partial charge on any atom is -0.317 e. The SMILES string of the molecule is CCNCCCN(C)S(=O)(=O)N(C)c1ccc(F)cc1. The molecule has 0 aromatic heterocycles. The van der Waals surface area contributed by atoms with E-state index in [2.05, 4.69) is 5.32 Å². The van der Waals surface area contributed by atoms with Crippen LogP contribution in [0.25, 0.3) is 0 Å². The standard InChI is InChI=1S/C13H22FN3O2S/c1-4-15-10-5-11-16(2)20(18,19)17(3)13-8-6-12(14)7-9-13/h6-9,15H,4-5,10-11H2,1-3H3. The predicted octanol–water partition coefficient (Wildman–Crippen LogP) is 1.44. The molecule has 0 amide bonds. The van der Waals surface area contributed by atoms with Gasteiger partial charge in [-0.1, -0.05) is 6.92 Å². The monoisotopic (exact) mass is 303 g/mol. The second-order valence-corrected chi connectivity index (χ2v) is 6.55. The van der Waals surface area contributed by atoms with Gasteiger partial charge in [-0.2, -0.15) is 12.7 Å². The Balaban J connectivity index is 2.69. The van der Waals surface area contributed by atoms with Crippen molar-refractivity contribution in [1.29, 1.82) is 0 Å². The van der Waals surface area contributed by atoms with Crippen LogP contribution in [-0.2, 0) is 10.2 Å². The zero-order valence-electron chi connectivity index (χ0n) is 12.1. The van der Waals surface area contributed by atoms with E-state index in [1.807, 2.05) is 6.92 Å². The Morgan fingerprint density at radius 2 is 1.80 bits per heavy atom. The molecule has 0 aliphatic carbocycles. The Bertz CT molecular complexity index is 505. The summed E-state index contributed by atoms with van der Waals surface area (Å²) in [7, 11) is -0.571. The molecule has 0 atom stereocenters. The molecular formula is C13H22FN3O2S. The summed E-state index contributed by atoms with van der Waals surface area (Å²) in [6.45, 7) is 4.08. The Hall–Kier alpha value is -1.18. The molecule has 0 heterocycles. The third-order valence-electron chi connectivity index (χ3n) is 3.01. The predicted molar refractivity (Wildman–Crippen MR) is 79.5 cm³/mol. The fourth-order valence-electron chi connectivity index (χ4n) is 1.71. The highest BCUT2D eigenvalue weighted by atomic mass is 32.2. The first-order valence-electron chi connectivity index (χ1n) is 6.56. The van der Waals surface area contributed by atoms with Crippen molar-refractivity contribution >= 4 is 15.9 Å². The number of anilines is 1. The molecule has 1 aromatic rings. The van der Waals surface area contributed by atoms with E-state index in [1.165, 1.54) is 35.6 Å². The van der Waals surface area contributed by atoms with E-state index in [1.54, 1.807) is 7.05 Å². The number of rotatable bonds is 8. The molecule has 0 saturated heterocycles. The summed E-state index contributed by atoms with van der Waals surface area (Å²) in [4.78, 5) is 0. The number of nitrogens with zero attached hydrogens (tertiary/aromatic N) is 2. The lowest BCUT2D eigenvalue weighted by Gasteiger charge is -2.25. The maximum atomic E-state index is 12.9. The molecule has 0 fully saturated rings. The van der Waals surface area contributed by atoms with E-state index in [9.17, 15) is 12.8 Å². The molecule has 0 unspecified atom stereocenters. The van der Waals surface area contributed by atoms with Gasteiger partial charge in [0.25, 0.3) is 0 Å². The van der Waals surface area contributed by atoms with Crippen molar-refractivity contribution in [1.82, 2.24) is 9.62 Å². The lowest BCUT2D eigenvalue weighted by Crippen LogP contribution is -2.40. The van der Waals surface area contributed by atoms with Crippen molar-refractivity contribution in [2.45, 2.75) is 13.3 Å². The number of benzene rings is 1. The van der Waals surface area contributed by atoms with E-state index in [-0.39, 0.29) is 0 Å². The molecule has 0 aliphatic rings. The average molecular weight is 303 g/mol. The van der Waals surface area contributed by atoms with Crippen LogP contribution in [0.1, 0.15) is 13.3 Å². The first-order valence-corrected chi connectivity index (χ1v) is 7.95. The van der Waals surface area contributed by atoms with Gasteiger partial charge in [0, 0.05) is 20.6 Å². The highest BCUT2D eigenvalue weighted by Crippen LogP contribution is 2.18. The summed E-state index contributed by atoms with van der Waals surface area (Å²) in [5.74, 6) is -0.390. The van der Waals surface area contributed by atoms with Gasteiger partial charge in [0.2, 0.25) is 0 Å². The molecule has 1 rings (SSSR count). The van der Waals surface area contributed by atoms with Crippen LogP contribution in [0, 0.1) is 5.82 Å². The maximum absolute atomic E-state index is 12.9. The smallest absolute Gasteiger partial charge is 0.303 e. The molecule has 114 valence electrons. The first-order chi connectivity index (χ1) is 9.39. The summed E-state index contributed by atoms with van der Waals surface area (Å²) in [6, 6.07) is 5.37. The molecule has 20 heavy (non-hydrogen) atoms. The number of nitrogens with one attached hydrogen (secondary N) is 1. The van der Waals surface area contributed by atoms with Crippen LogP contribution in [0.2, 0.25) is 0 Å². The van der Waals surface area contributed by atoms with Gasteiger partial charge < -0.3 is 5.32 Å². The van der Waals surface area contributed by atoms with Crippen LogP contribution in [-0.4, -0.2) is 46.5 Å². The van der Waals surface area contributed by atoms with Crippen LogP contribution < -0.4 is 9.62 Å². The molecule has 0 spiro atoms. The summed E-state index contributed by atoms with van der Waals surface area (Å²) in [6.07, 6.45) is 0.737. The molecule has 0 bridgehead atoms. The van der Waals surface area contributed by atoms with Crippen molar-refractivity contribution in [2.75, 3.05) is 38.0 Å². The van der Waals surface area contributed by atoms with Crippen LogP contribution in [0.4, 0.5) is 10.1 Å². The van der Waals surface area contributed by atoms with E-state index in [0.29, 0.717) is 12.2 Å². The number of hydrogen-bond donors (Lipinski definition) is 1. The van der Waals surface area contributed by atoms with Gasteiger partial charge in [0.05, 0.1) is 5.69 Å². The van der Waals surface area contributed by atoms with E-state index in [0.717, 1.165) is 23.8 Å².